The highest BCUT2D eigenvalue weighted by Gasteiger charge is 2.28. The van der Waals surface area contributed by atoms with E-state index in [0.29, 0.717) is 0 Å². The standard InChI is InChI=1S/C13H13F4NO5/c1-22-9-3-2-7(4-8(9)14)11(12(20)21)18-10(19)5-23-6-13(15,16)17/h2-4,11H,5-6H2,1H3,(H,18,19)(H,20,21). The molecule has 0 radical (unpaired) electrons. The van der Waals surface area contributed by atoms with Crippen molar-refractivity contribution < 1.29 is 41.7 Å². The van der Waals surface area contributed by atoms with Crippen molar-refractivity contribution in [1.82, 2.24) is 5.32 Å². The highest BCUT2D eigenvalue weighted by molar-refractivity contribution is 5.85. The van der Waals surface area contributed by atoms with Gasteiger partial charge in [-0.15, -0.1) is 0 Å². The number of halogens is 4. The van der Waals surface area contributed by atoms with Crippen molar-refractivity contribution in [2.24, 2.45) is 0 Å². The Kier molecular flexibility index (Phi) is 6.31. The molecule has 0 bridgehead atoms. The molecule has 1 atom stereocenters. The van der Waals surface area contributed by atoms with Gasteiger partial charge in [0.25, 0.3) is 0 Å². The third kappa shape index (κ3) is 6.10. The highest BCUT2D eigenvalue weighted by Crippen LogP contribution is 2.22. The van der Waals surface area contributed by atoms with Crippen LogP contribution in [0.1, 0.15) is 11.6 Å². The van der Waals surface area contributed by atoms with E-state index in [2.05, 4.69) is 9.47 Å². The number of benzene rings is 1. The van der Waals surface area contributed by atoms with Crippen molar-refractivity contribution in [2.75, 3.05) is 20.3 Å². The summed E-state index contributed by atoms with van der Waals surface area (Å²) in [5, 5.41) is 11.0. The predicted octanol–water partition coefficient (Wildman–Crippen LogP) is 1.66. The van der Waals surface area contributed by atoms with Gasteiger partial charge in [0, 0.05) is 0 Å². The van der Waals surface area contributed by atoms with Crippen LogP contribution in [0, 0.1) is 5.82 Å². The number of amides is 1. The largest absolute Gasteiger partial charge is 0.494 e. The van der Waals surface area contributed by atoms with Crippen LogP contribution in [-0.4, -0.2) is 43.5 Å². The molecule has 10 heteroatoms. The number of hydrogen-bond acceptors (Lipinski definition) is 4. The van der Waals surface area contributed by atoms with Gasteiger partial charge in [0.1, 0.15) is 13.2 Å². The number of methoxy groups -OCH3 is 1. The summed E-state index contributed by atoms with van der Waals surface area (Å²) in [5.74, 6) is -3.58. The lowest BCUT2D eigenvalue weighted by Crippen LogP contribution is -2.36. The van der Waals surface area contributed by atoms with Crippen molar-refractivity contribution >= 4 is 11.9 Å². The lowest BCUT2D eigenvalue weighted by atomic mass is 10.1. The van der Waals surface area contributed by atoms with Gasteiger partial charge >= 0.3 is 12.1 Å². The second-order valence-electron chi connectivity index (χ2n) is 4.34. The summed E-state index contributed by atoms with van der Waals surface area (Å²) < 4.78 is 58.0. The smallest absolute Gasteiger partial charge is 0.411 e. The summed E-state index contributed by atoms with van der Waals surface area (Å²) in [4.78, 5) is 22.6. The Bertz CT molecular complexity index is 576. The molecule has 0 saturated heterocycles. The van der Waals surface area contributed by atoms with Crippen molar-refractivity contribution in [3.8, 4) is 5.75 Å². The number of carboxylic acids is 1. The summed E-state index contributed by atoms with van der Waals surface area (Å²) in [5.41, 5.74) is -0.111. The van der Waals surface area contributed by atoms with Crippen LogP contribution in [0.3, 0.4) is 0 Å². The van der Waals surface area contributed by atoms with Crippen LogP contribution in [0.5, 0.6) is 5.75 Å². The minimum absolute atomic E-state index is 0.111. The van der Waals surface area contributed by atoms with Crippen LogP contribution < -0.4 is 10.1 Å². The van der Waals surface area contributed by atoms with E-state index >= 15 is 0 Å². The summed E-state index contributed by atoms with van der Waals surface area (Å²) in [7, 11) is 1.21. The van der Waals surface area contributed by atoms with E-state index in [0.717, 1.165) is 12.1 Å². The van der Waals surface area contributed by atoms with E-state index in [-0.39, 0.29) is 11.3 Å². The maximum atomic E-state index is 13.6. The number of carbonyl (C=O) groups excluding carboxylic acids is 1. The third-order valence-corrected chi connectivity index (χ3v) is 2.56. The van der Waals surface area contributed by atoms with Gasteiger partial charge in [-0.2, -0.15) is 13.2 Å². The topological polar surface area (TPSA) is 84.9 Å². The molecule has 1 amide bonds. The molecule has 0 heterocycles. The third-order valence-electron chi connectivity index (χ3n) is 2.56. The molecular formula is C13H13F4NO5. The first kappa shape index (κ1) is 18.7. The average molecular weight is 339 g/mol. The molecular weight excluding hydrogens is 326 g/mol. The number of nitrogens with one attached hydrogen (secondary N) is 1. The molecule has 0 aliphatic heterocycles. The highest BCUT2D eigenvalue weighted by atomic mass is 19.4. The Balaban J connectivity index is 2.74. The normalized spacial score (nSPS) is 12.6. The van der Waals surface area contributed by atoms with E-state index in [1.807, 2.05) is 5.32 Å². The van der Waals surface area contributed by atoms with E-state index < -0.39 is 43.1 Å². The van der Waals surface area contributed by atoms with Crippen LogP contribution >= 0.6 is 0 Å². The monoisotopic (exact) mass is 339 g/mol. The minimum Gasteiger partial charge on any atom is -0.494 e. The minimum atomic E-state index is -4.61. The van der Waals surface area contributed by atoms with Crippen molar-refractivity contribution in [3.05, 3.63) is 29.6 Å². The predicted molar refractivity (Wildman–Crippen MR) is 68.3 cm³/mol. The van der Waals surface area contributed by atoms with Crippen LogP contribution in [0.15, 0.2) is 18.2 Å². The van der Waals surface area contributed by atoms with Crippen molar-refractivity contribution in [2.45, 2.75) is 12.2 Å². The molecule has 0 aromatic heterocycles. The number of carbonyl (C=O) groups is 2. The van der Waals surface area contributed by atoms with Gasteiger partial charge in [0.2, 0.25) is 5.91 Å². The van der Waals surface area contributed by atoms with Crippen molar-refractivity contribution in [1.29, 1.82) is 0 Å². The number of alkyl halides is 3. The Hall–Kier alpha value is -2.36. The zero-order chi connectivity index (χ0) is 17.6. The Morgan fingerprint density at radius 2 is 2.00 bits per heavy atom. The molecule has 0 saturated carbocycles. The van der Waals surface area contributed by atoms with Crippen LogP contribution in [0.25, 0.3) is 0 Å². The molecule has 23 heavy (non-hydrogen) atoms. The van der Waals surface area contributed by atoms with Gasteiger partial charge in [-0.25, -0.2) is 9.18 Å². The summed E-state index contributed by atoms with van der Waals surface area (Å²) in [6, 6.07) is 1.57. The fraction of sp³-hybridized carbons (Fsp3) is 0.385. The second kappa shape index (κ2) is 7.77. The average Bonchev–Trinajstić information content (AvgIpc) is 2.43. The number of carboxylic acid groups (broad SMARTS) is 1. The molecule has 0 fully saturated rings. The maximum absolute atomic E-state index is 13.6. The first-order chi connectivity index (χ1) is 10.6. The number of aliphatic carboxylic acids is 1. The molecule has 0 spiro atoms. The number of hydrogen-bond donors (Lipinski definition) is 2. The van der Waals surface area contributed by atoms with Gasteiger partial charge in [0.05, 0.1) is 7.11 Å². The Morgan fingerprint density at radius 1 is 1.35 bits per heavy atom. The maximum Gasteiger partial charge on any atom is 0.411 e. The van der Waals surface area contributed by atoms with E-state index in [1.54, 1.807) is 0 Å². The Morgan fingerprint density at radius 3 is 2.48 bits per heavy atom. The summed E-state index contributed by atoms with van der Waals surface area (Å²) >= 11 is 0. The summed E-state index contributed by atoms with van der Waals surface area (Å²) in [6.07, 6.45) is -4.61. The molecule has 0 aliphatic carbocycles. The SMILES string of the molecule is COc1ccc(C(NC(=O)COCC(F)(F)F)C(=O)O)cc1F. The van der Waals surface area contributed by atoms with E-state index in [4.69, 9.17) is 5.11 Å². The van der Waals surface area contributed by atoms with Gasteiger partial charge in [-0.1, -0.05) is 6.07 Å². The van der Waals surface area contributed by atoms with Crippen LogP contribution in [0.4, 0.5) is 17.6 Å². The Labute approximate surface area is 128 Å². The quantitative estimate of drug-likeness (QED) is 0.738. The van der Waals surface area contributed by atoms with Crippen LogP contribution in [0.2, 0.25) is 0 Å². The molecule has 1 unspecified atom stereocenters. The molecule has 0 aliphatic rings. The number of ether oxygens (including phenoxy) is 2. The molecule has 2 N–H and O–H groups in total. The van der Waals surface area contributed by atoms with Gasteiger partial charge in [-0.3, -0.25) is 4.79 Å². The lowest BCUT2D eigenvalue weighted by Gasteiger charge is -2.16. The molecule has 1 aromatic carbocycles. The molecule has 1 aromatic rings. The van der Waals surface area contributed by atoms with E-state index in [9.17, 15) is 27.2 Å². The molecule has 128 valence electrons. The fourth-order valence-electron chi connectivity index (χ4n) is 1.61. The summed E-state index contributed by atoms with van der Waals surface area (Å²) in [6.45, 7) is -2.63. The first-order valence-corrected chi connectivity index (χ1v) is 6.14. The van der Waals surface area contributed by atoms with Crippen LogP contribution in [-0.2, 0) is 14.3 Å². The zero-order valence-electron chi connectivity index (χ0n) is 11.8. The second-order valence-corrected chi connectivity index (χ2v) is 4.34. The van der Waals surface area contributed by atoms with Gasteiger partial charge in [-0.05, 0) is 17.7 Å². The fourth-order valence-corrected chi connectivity index (χ4v) is 1.61. The molecule has 1 rings (SSSR count). The lowest BCUT2D eigenvalue weighted by molar-refractivity contribution is -0.176. The molecule has 6 nitrogen and oxygen atoms in total. The van der Waals surface area contributed by atoms with Gasteiger partial charge in [0.15, 0.2) is 17.6 Å². The van der Waals surface area contributed by atoms with Crippen molar-refractivity contribution in [3.63, 3.8) is 0 Å². The number of rotatable bonds is 7. The first-order valence-electron chi connectivity index (χ1n) is 6.14. The van der Waals surface area contributed by atoms with Gasteiger partial charge < -0.3 is 19.9 Å². The van der Waals surface area contributed by atoms with E-state index in [1.165, 1.54) is 13.2 Å². The zero-order valence-corrected chi connectivity index (χ0v) is 11.8.